The maximum absolute atomic E-state index is 11.2. The monoisotopic (exact) mass is 447 g/mol. The molecular formula is C24H29N7O2. The first-order chi connectivity index (χ1) is 15.8. The maximum Gasteiger partial charge on any atom is 0.303 e. The van der Waals surface area contributed by atoms with Gasteiger partial charge in [-0.3, -0.25) is 9.79 Å². The Morgan fingerprint density at radius 2 is 1.91 bits per heavy atom. The van der Waals surface area contributed by atoms with E-state index in [1.165, 1.54) is 0 Å². The van der Waals surface area contributed by atoms with E-state index in [-0.39, 0.29) is 18.9 Å². The number of aromatic nitrogens is 3. The largest absolute Gasteiger partial charge is 0.481 e. The van der Waals surface area contributed by atoms with Crippen molar-refractivity contribution >= 4 is 34.5 Å². The minimum atomic E-state index is -0.882. The average molecular weight is 448 g/mol. The van der Waals surface area contributed by atoms with Crippen LogP contribution in [0.15, 0.2) is 44.9 Å². The van der Waals surface area contributed by atoms with Crippen LogP contribution in [0.4, 0.5) is 11.4 Å². The van der Waals surface area contributed by atoms with Gasteiger partial charge in [-0.05, 0) is 70.0 Å². The van der Waals surface area contributed by atoms with Gasteiger partial charge in [-0.2, -0.15) is 9.78 Å². The molecule has 2 aromatic rings. The minimum Gasteiger partial charge on any atom is -0.481 e. The van der Waals surface area contributed by atoms with E-state index in [9.17, 15) is 9.90 Å². The first kappa shape index (κ1) is 22.6. The van der Waals surface area contributed by atoms with Gasteiger partial charge in [-0.25, -0.2) is 4.99 Å². The Bertz CT molecular complexity index is 1220. The molecule has 33 heavy (non-hydrogen) atoms. The van der Waals surface area contributed by atoms with E-state index >= 15 is 0 Å². The molecule has 1 aromatic carbocycles. The molecule has 2 aliphatic rings. The Morgan fingerprint density at radius 3 is 2.52 bits per heavy atom. The summed E-state index contributed by atoms with van der Waals surface area (Å²) in [7, 11) is 0. The Hall–Kier alpha value is -3.62. The summed E-state index contributed by atoms with van der Waals surface area (Å²) < 4.78 is 1.64. The molecule has 9 heteroatoms. The zero-order valence-corrected chi connectivity index (χ0v) is 19.7. The van der Waals surface area contributed by atoms with E-state index in [1.54, 1.807) is 4.68 Å². The lowest BCUT2D eigenvalue weighted by Gasteiger charge is -2.21. The first-order valence-electron chi connectivity index (χ1n) is 11.3. The number of aliphatic carboxylic acids is 1. The molecule has 0 amide bonds. The van der Waals surface area contributed by atoms with Gasteiger partial charge in [-0.1, -0.05) is 0 Å². The molecule has 3 heterocycles. The first-order valence-corrected chi connectivity index (χ1v) is 11.3. The van der Waals surface area contributed by atoms with E-state index in [0.717, 1.165) is 41.3 Å². The topological polar surface area (TPSA) is 108 Å². The second kappa shape index (κ2) is 9.09. The number of carboxylic acids is 1. The van der Waals surface area contributed by atoms with Gasteiger partial charge in [0.1, 0.15) is 11.4 Å². The van der Waals surface area contributed by atoms with Crippen molar-refractivity contribution in [3.63, 3.8) is 0 Å². The molecule has 0 saturated carbocycles. The number of carbonyl (C=O) groups is 1. The van der Waals surface area contributed by atoms with Crippen molar-refractivity contribution in [2.45, 2.75) is 53.5 Å². The van der Waals surface area contributed by atoms with Crippen LogP contribution in [0.5, 0.6) is 0 Å². The van der Waals surface area contributed by atoms with Gasteiger partial charge in [0, 0.05) is 25.2 Å². The Balaban J connectivity index is 1.75. The number of carboxylic acid groups (broad SMARTS) is 1. The highest BCUT2D eigenvalue weighted by atomic mass is 16.4. The molecule has 0 radical (unpaired) electrons. The van der Waals surface area contributed by atoms with Gasteiger partial charge >= 0.3 is 5.97 Å². The standard InChI is InChI=1S/C24H29N7O2/c1-6-30(7-2)17-8-9-18(15(4)12-17)26-22-19(10-11-21(32)33)29-31-23(27-28-24(22)31)20-13-14(3)16(5)25-20/h8-9,12-13,16H,6-7,10-11H2,1-5H3,(H,32,33)/b26-22-. The molecule has 9 nitrogen and oxygen atoms in total. The summed E-state index contributed by atoms with van der Waals surface area (Å²) in [4.78, 5) is 23.0. The molecule has 2 aliphatic heterocycles. The lowest BCUT2D eigenvalue weighted by molar-refractivity contribution is -0.136. The van der Waals surface area contributed by atoms with E-state index < -0.39 is 5.97 Å². The minimum absolute atomic E-state index is 0.0394. The quantitative estimate of drug-likeness (QED) is 0.663. The van der Waals surface area contributed by atoms with Crippen LogP contribution in [0, 0.1) is 6.92 Å². The Labute approximate surface area is 193 Å². The van der Waals surface area contributed by atoms with Crippen molar-refractivity contribution in [1.29, 1.82) is 0 Å². The SMILES string of the molecule is CCN(CC)c1ccc(/N=C2/C(CCC(=O)O)=Nn3c(C4=NC(C)C(C)=C4)nnc32)c(C)c1. The number of nitrogens with zero attached hydrogens (tertiary/aromatic N) is 7. The molecular weight excluding hydrogens is 418 g/mol. The van der Waals surface area contributed by atoms with Crippen LogP contribution in [0.2, 0.25) is 0 Å². The third kappa shape index (κ3) is 4.35. The number of allylic oxidation sites excluding steroid dienone is 1. The average Bonchev–Trinajstić information content (AvgIpc) is 3.43. The number of aryl methyl sites for hydroxylation is 1. The lowest BCUT2D eigenvalue weighted by Crippen LogP contribution is -2.21. The molecule has 1 aromatic heterocycles. The third-order valence-electron chi connectivity index (χ3n) is 6.05. The Morgan fingerprint density at radius 1 is 1.18 bits per heavy atom. The fraction of sp³-hybridized carbons (Fsp3) is 0.417. The van der Waals surface area contributed by atoms with Crippen LogP contribution >= 0.6 is 0 Å². The van der Waals surface area contributed by atoms with Gasteiger partial charge in [-0.15, -0.1) is 10.2 Å². The highest BCUT2D eigenvalue weighted by molar-refractivity contribution is 6.49. The van der Waals surface area contributed by atoms with Crippen molar-refractivity contribution in [3.05, 3.63) is 47.1 Å². The van der Waals surface area contributed by atoms with Gasteiger partial charge in [0.25, 0.3) is 0 Å². The maximum atomic E-state index is 11.2. The van der Waals surface area contributed by atoms with Crippen LogP contribution in [0.25, 0.3) is 0 Å². The van der Waals surface area contributed by atoms with Crippen molar-refractivity contribution in [2.24, 2.45) is 15.1 Å². The van der Waals surface area contributed by atoms with E-state index in [1.807, 2.05) is 32.9 Å². The van der Waals surface area contributed by atoms with Gasteiger partial charge in [0.05, 0.1) is 23.9 Å². The molecule has 172 valence electrons. The lowest BCUT2D eigenvalue weighted by atomic mass is 10.1. The second-order valence-corrected chi connectivity index (χ2v) is 8.28. The van der Waals surface area contributed by atoms with Crippen molar-refractivity contribution in [3.8, 4) is 0 Å². The second-order valence-electron chi connectivity index (χ2n) is 8.28. The number of rotatable bonds is 8. The van der Waals surface area contributed by atoms with Crippen molar-refractivity contribution in [2.75, 3.05) is 18.0 Å². The molecule has 0 aliphatic carbocycles. The Kier molecular flexibility index (Phi) is 6.22. The number of hydrogen-bond acceptors (Lipinski definition) is 7. The summed E-state index contributed by atoms with van der Waals surface area (Å²) in [6.07, 6.45) is 2.20. The summed E-state index contributed by atoms with van der Waals surface area (Å²) in [6.45, 7) is 12.2. The number of benzene rings is 1. The number of anilines is 1. The molecule has 1 N–H and O–H groups in total. The molecule has 0 saturated heterocycles. The molecule has 0 bridgehead atoms. The fourth-order valence-electron chi connectivity index (χ4n) is 3.96. The van der Waals surface area contributed by atoms with Gasteiger partial charge < -0.3 is 10.0 Å². The predicted molar refractivity (Wildman–Crippen MR) is 130 cm³/mol. The fourth-order valence-corrected chi connectivity index (χ4v) is 3.96. The highest BCUT2D eigenvalue weighted by Gasteiger charge is 2.31. The van der Waals surface area contributed by atoms with Crippen molar-refractivity contribution < 1.29 is 9.90 Å². The van der Waals surface area contributed by atoms with Crippen molar-refractivity contribution in [1.82, 2.24) is 14.9 Å². The third-order valence-corrected chi connectivity index (χ3v) is 6.05. The summed E-state index contributed by atoms with van der Waals surface area (Å²) in [6, 6.07) is 6.25. The van der Waals surface area contributed by atoms with E-state index in [4.69, 9.17) is 4.99 Å². The predicted octanol–water partition coefficient (Wildman–Crippen LogP) is 3.77. The van der Waals surface area contributed by atoms with Crippen LogP contribution < -0.4 is 4.90 Å². The van der Waals surface area contributed by atoms with E-state index in [2.05, 4.69) is 51.2 Å². The van der Waals surface area contributed by atoms with Crippen LogP contribution in [0.3, 0.4) is 0 Å². The van der Waals surface area contributed by atoms with Gasteiger partial charge in [0.15, 0.2) is 0 Å². The molecule has 1 atom stereocenters. The zero-order valence-electron chi connectivity index (χ0n) is 19.7. The van der Waals surface area contributed by atoms with Crippen LogP contribution in [-0.2, 0) is 4.79 Å². The van der Waals surface area contributed by atoms with Crippen LogP contribution in [0.1, 0.15) is 57.7 Å². The highest BCUT2D eigenvalue weighted by Crippen LogP contribution is 2.28. The normalized spacial score (nSPS) is 18.3. The molecule has 4 rings (SSSR count). The summed E-state index contributed by atoms with van der Waals surface area (Å²) >= 11 is 0. The smallest absolute Gasteiger partial charge is 0.303 e. The number of aliphatic imine (C=N–C) groups is 2. The molecule has 0 spiro atoms. The molecule has 1 unspecified atom stereocenters. The van der Waals surface area contributed by atoms with Crippen LogP contribution in [-0.4, -0.2) is 62.2 Å². The molecule has 0 fully saturated rings. The number of hydrogen-bond donors (Lipinski definition) is 1. The summed E-state index contributed by atoms with van der Waals surface area (Å²) in [5.41, 5.74) is 5.98. The van der Waals surface area contributed by atoms with Gasteiger partial charge in [0.2, 0.25) is 11.6 Å². The summed E-state index contributed by atoms with van der Waals surface area (Å²) in [5, 5.41) is 22.5. The van der Waals surface area contributed by atoms with E-state index in [0.29, 0.717) is 23.1 Å². The zero-order chi connectivity index (χ0) is 23.7. The number of fused-ring (bicyclic) bond motifs is 1. The summed E-state index contributed by atoms with van der Waals surface area (Å²) in [5.74, 6) is 0.165.